The molecule has 3 N–H and O–H groups in total. The Kier molecular flexibility index (Phi) is 6.01. The number of hydrogen-bond acceptors (Lipinski definition) is 5. The van der Waals surface area contributed by atoms with Crippen LogP contribution in [0.15, 0.2) is 30.3 Å². The van der Waals surface area contributed by atoms with Crippen molar-refractivity contribution in [1.82, 2.24) is 10.6 Å². The molecule has 0 aliphatic carbocycles. The molecule has 1 amide bonds. The fraction of sp³-hybridized carbons (Fsp3) is 0.357. The number of aryl methyl sites for hydroxylation is 1. The molecule has 1 aromatic rings. The average molecular weight is 294 g/mol. The summed E-state index contributed by atoms with van der Waals surface area (Å²) >= 11 is 0. The van der Waals surface area contributed by atoms with Crippen LogP contribution in [0.25, 0.3) is 0 Å². The third-order valence-electron chi connectivity index (χ3n) is 3.20. The van der Waals surface area contributed by atoms with Gasteiger partial charge in [-0.15, -0.1) is 0 Å². The maximum absolute atomic E-state index is 12.1. The third-order valence-corrected chi connectivity index (χ3v) is 3.20. The first-order chi connectivity index (χ1) is 9.96. The van der Waals surface area contributed by atoms with Crippen LogP contribution < -0.4 is 5.43 Å². The van der Waals surface area contributed by atoms with Gasteiger partial charge in [0.1, 0.15) is 0 Å². The standard InChI is InChI=1S/C14H18N2O5/c1-2-12(18)14(13(19)20,15-16(21)10-17)9-8-11-6-4-3-5-7-11/h3-7,10,15,21H,2,8-9H2,1H3,(H,19,20)/t14-/m1/s1. The van der Waals surface area contributed by atoms with E-state index in [4.69, 9.17) is 0 Å². The van der Waals surface area contributed by atoms with Crippen LogP contribution in [0.2, 0.25) is 0 Å². The largest absolute Gasteiger partial charge is 0.479 e. The summed E-state index contributed by atoms with van der Waals surface area (Å²) in [6.45, 7) is 1.52. The van der Waals surface area contributed by atoms with Crippen molar-refractivity contribution in [1.29, 1.82) is 0 Å². The molecular formula is C14H18N2O5. The number of ketones is 1. The molecule has 7 heteroatoms. The van der Waals surface area contributed by atoms with Crippen LogP contribution in [0.4, 0.5) is 0 Å². The van der Waals surface area contributed by atoms with Gasteiger partial charge < -0.3 is 5.11 Å². The lowest BCUT2D eigenvalue weighted by Gasteiger charge is -2.30. The average Bonchev–Trinajstić information content (AvgIpc) is 2.51. The second kappa shape index (κ2) is 7.51. The molecule has 1 rings (SSSR count). The van der Waals surface area contributed by atoms with Gasteiger partial charge in [-0.05, 0) is 18.4 Å². The summed E-state index contributed by atoms with van der Waals surface area (Å²) < 4.78 is 0. The van der Waals surface area contributed by atoms with Crippen LogP contribution in [0.5, 0.6) is 0 Å². The van der Waals surface area contributed by atoms with E-state index in [2.05, 4.69) is 5.43 Å². The number of rotatable bonds is 9. The zero-order valence-electron chi connectivity index (χ0n) is 11.7. The zero-order valence-corrected chi connectivity index (χ0v) is 11.7. The minimum Gasteiger partial charge on any atom is -0.479 e. The summed E-state index contributed by atoms with van der Waals surface area (Å²) in [5.74, 6) is -2.06. The fourth-order valence-corrected chi connectivity index (χ4v) is 2.03. The first kappa shape index (κ1) is 16.8. The first-order valence-corrected chi connectivity index (χ1v) is 6.48. The summed E-state index contributed by atoms with van der Waals surface area (Å²) in [6, 6.07) is 9.04. The van der Waals surface area contributed by atoms with Crippen molar-refractivity contribution >= 4 is 18.2 Å². The van der Waals surface area contributed by atoms with Crippen molar-refractivity contribution in [3.05, 3.63) is 35.9 Å². The van der Waals surface area contributed by atoms with E-state index < -0.39 is 17.3 Å². The molecule has 0 radical (unpaired) electrons. The van der Waals surface area contributed by atoms with Gasteiger partial charge in [0.05, 0.1) is 0 Å². The second-order valence-corrected chi connectivity index (χ2v) is 4.53. The Labute approximate surface area is 122 Å². The smallest absolute Gasteiger partial charge is 0.333 e. The number of hydrogen-bond donors (Lipinski definition) is 3. The van der Waals surface area contributed by atoms with E-state index in [-0.39, 0.29) is 24.4 Å². The number of benzene rings is 1. The summed E-state index contributed by atoms with van der Waals surface area (Å²) in [7, 11) is 0. The minimum atomic E-state index is -2.04. The minimum absolute atomic E-state index is 0.0108. The Hall–Kier alpha value is -2.25. The Morgan fingerprint density at radius 1 is 1.33 bits per heavy atom. The zero-order chi connectivity index (χ0) is 15.9. The van der Waals surface area contributed by atoms with Crippen LogP contribution >= 0.6 is 0 Å². The van der Waals surface area contributed by atoms with Crippen molar-refractivity contribution in [2.24, 2.45) is 0 Å². The maximum atomic E-state index is 12.1. The molecule has 0 aliphatic heterocycles. The topological polar surface area (TPSA) is 107 Å². The van der Waals surface area contributed by atoms with Gasteiger partial charge in [-0.2, -0.15) is 10.6 Å². The highest BCUT2D eigenvalue weighted by Crippen LogP contribution is 2.19. The number of nitrogens with zero attached hydrogens (tertiary/aromatic N) is 1. The lowest BCUT2D eigenvalue weighted by atomic mass is 9.86. The number of Topliss-reactive ketones (excluding diaryl/α,β-unsaturated/α-hetero) is 1. The number of carboxylic acid groups (broad SMARTS) is 1. The van der Waals surface area contributed by atoms with E-state index >= 15 is 0 Å². The molecule has 0 unspecified atom stereocenters. The van der Waals surface area contributed by atoms with Crippen LogP contribution in [-0.4, -0.2) is 39.2 Å². The first-order valence-electron chi connectivity index (χ1n) is 6.48. The number of carbonyl (C=O) groups excluding carboxylic acids is 2. The van der Waals surface area contributed by atoms with Crippen molar-refractivity contribution < 1.29 is 24.7 Å². The van der Waals surface area contributed by atoms with Crippen LogP contribution in [-0.2, 0) is 20.8 Å². The van der Waals surface area contributed by atoms with Crippen molar-refractivity contribution in [3.8, 4) is 0 Å². The molecule has 7 nitrogen and oxygen atoms in total. The molecule has 0 aromatic heterocycles. The number of hydroxylamine groups is 1. The molecule has 21 heavy (non-hydrogen) atoms. The summed E-state index contributed by atoms with van der Waals surface area (Å²) in [5.41, 5.74) is 0.882. The Bertz CT molecular complexity index is 505. The number of aliphatic carboxylic acids is 1. The van der Waals surface area contributed by atoms with Gasteiger partial charge in [0.15, 0.2) is 11.3 Å². The molecule has 0 saturated heterocycles. The Balaban J connectivity index is 3.01. The quantitative estimate of drug-likeness (QED) is 0.269. The van der Waals surface area contributed by atoms with E-state index in [9.17, 15) is 24.7 Å². The Morgan fingerprint density at radius 3 is 2.43 bits per heavy atom. The SMILES string of the molecule is CCC(=O)[C@@](CCc1ccccc1)(NN(O)C=O)C(=O)O. The number of nitrogens with one attached hydrogen (secondary N) is 1. The highest BCUT2D eigenvalue weighted by Gasteiger charge is 2.45. The van der Waals surface area contributed by atoms with Gasteiger partial charge >= 0.3 is 5.97 Å². The second-order valence-electron chi connectivity index (χ2n) is 4.53. The third kappa shape index (κ3) is 4.11. The van der Waals surface area contributed by atoms with Crippen molar-refractivity contribution in [2.75, 3.05) is 0 Å². The number of hydrazine groups is 1. The molecule has 0 saturated carbocycles. The van der Waals surface area contributed by atoms with Gasteiger partial charge in [0, 0.05) is 6.42 Å². The van der Waals surface area contributed by atoms with Crippen LogP contribution in [0.3, 0.4) is 0 Å². The number of carboxylic acids is 1. The maximum Gasteiger partial charge on any atom is 0.333 e. The summed E-state index contributed by atoms with van der Waals surface area (Å²) in [6.07, 6.45) is 0.159. The highest BCUT2D eigenvalue weighted by atomic mass is 16.6. The van der Waals surface area contributed by atoms with Crippen molar-refractivity contribution in [2.45, 2.75) is 31.7 Å². The van der Waals surface area contributed by atoms with E-state index in [1.807, 2.05) is 6.07 Å². The number of carbonyl (C=O) groups is 3. The van der Waals surface area contributed by atoms with Crippen LogP contribution in [0.1, 0.15) is 25.3 Å². The fourth-order valence-electron chi connectivity index (χ4n) is 2.03. The van der Waals surface area contributed by atoms with Crippen molar-refractivity contribution in [3.63, 3.8) is 0 Å². The lowest BCUT2D eigenvalue weighted by molar-refractivity contribution is -0.183. The molecule has 114 valence electrons. The predicted molar refractivity (Wildman–Crippen MR) is 73.3 cm³/mol. The summed E-state index contributed by atoms with van der Waals surface area (Å²) in [4.78, 5) is 34.1. The van der Waals surface area contributed by atoms with Gasteiger partial charge in [-0.3, -0.25) is 14.8 Å². The molecule has 1 aromatic carbocycles. The molecule has 0 heterocycles. The van der Waals surface area contributed by atoms with Gasteiger partial charge in [0.25, 0.3) is 0 Å². The molecule has 0 bridgehead atoms. The number of amides is 1. The van der Waals surface area contributed by atoms with Gasteiger partial charge in [0.2, 0.25) is 6.41 Å². The summed E-state index contributed by atoms with van der Waals surface area (Å²) in [5, 5.41) is 18.6. The van der Waals surface area contributed by atoms with Gasteiger partial charge in [-0.25, -0.2) is 4.79 Å². The van der Waals surface area contributed by atoms with E-state index in [0.717, 1.165) is 5.56 Å². The van der Waals surface area contributed by atoms with E-state index in [1.54, 1.807) is 24.3 Å². The molecule has 1 atom stereocenters. The van der Waals surface area contributed by atoms with E-state index in [0.29, 0.717) is 6.42 Å². The van der Waals surface area contributed by atoms with E-state index in [1.165, 1.54) is 6.92 Å². The molecule has 0 fully saturated rings. The normalized spacial score (nSPS) is 13.2. The molecule has 0 spiro atoms. The highest BCUT2D eigenvalue weighted by molar-refractivity contribution is 6.07. The monoisotopic (exact) mass is 294 g/mol. The molecular weight excluding hydrogens is 276 g/mol. The predicted octanol–water partition coefficient (Wildman–Crippen LogP) is 0.774. The van der Waals surface area contributed by atoms with Crippen LogP contribution in [0, 0.1) is 0 Å². The van der Waals surface area contributed by atoms with Gasteiger partial charge in [-0.1, -0.05) is 37.3 Å². The lowest BCUT2D eigenvalue weighted by Crippen LogP contribution is -2.62. The molecule has 0 aliphatic rings. The Morgan fingerprint density at radius 2 is 1.95 bits per heavy atom.